The average molecular weight is 422 g/mol. The zero-order valence-electron chi connectivity index (χ0n) is 17.5. The zero-order chi connectivity index (χ0) is 20.8. The second-order valence-electron chi connectivity index (χ2n) is 7.14. The van der Waals surface area contributed by atoms with E-state index in [0.29, 0.717) is 0 Å². The van der Waals surface area contributed by atoms with Crippen LogP contribution >= 0.6 is 11.5 Å². The van der Waals surface area contributed by atoms with Crippen molar-refractivity contribution in [3.05, 3.63) is 60.0 Å². The number of hydrogen-bond donors (Lipinski definition) is 1. The van der Waals surface area contributed by atoms with Gasteiger partial charge in [-0.25, -0.2) is 4.98 Å². The maximum absolute atomic E-state index is 4.62. The maximum atomic E-state index is 4.62. The number of rotatable bonds is 5. The van der Waals surface area contributed by atoms with Gasteiger partial charge in [0, 0.05) is 69.5 Å². The summed E-state index contributed by atoms with van der Waals surface area (Å²) in [5.74, 6) is 1.87. The fourth-order valence-electron chi connectivity index (χ4n) is 3.51. The largest absolute Gasteiger partial charge is 0.352 e. The highest BCUT2D eigenvalue weighted by Crippen LogP contribution is 2.20. The molecule has 30 heavy (non-hydrogen) atoms. The highest BCUT2D eigenvalue weighted by molar-refractivity contribution is 7.09. The van der Waals surface area contributed by atoms with E-state index in [1.54, 1.807) is 0 Å². The van der Waals surface area contributed by atoms with Gasteiger partial charge in [0.1, 0.15) is 5.82 Å². The number of guanidine groups is 1. The molecule has 0 spiro atoms. The summed E-state index contributed by atoms with van der Waals surface area (Å²) < 4.78 is 4.41. The minimum absolute atomic E-state index is 0.726. The molecule has 1 aliphatic rings. The highest BCUT2D eigenvalue weighted by Gasteiger charge is 2.22. The van der Waals surface area contributed by atoms with Crippen LogP contribution < -0.4 is 10.2 Å². The Morgan fingerprint density at radius 3 is 2.70 bits per heavy atom. The van der Waals surface area contributed by atoms with E-state index >= 15 is 0 Å². The molecule has 0 saturated carbocycles. The number of hydrogen-bond acceptors (Lipinski definition) is 6. The first-order valence-electron chi connectivity index (χ1n) is 10.3. The van der Waals surface area contributed by atoms with E-state index in [4.69, 9.17) is 0 Å². The maximum Gasteiger partial charge on any atom is 0.205 e. The highest BCUT2D eigenvalue weighted by atomic mass is 32.1. The lowest BCUT2D eigenvalue weighted by molar-refractivity contribution is 0.372. The van der Waals surface area contributed by atoms with E-state index in [9.17, 15) is 0 Å². The van der Waals surface area contributed by atoms with Gasteiger partial charge in [-0.2, -0.15) is 4.37 Å². The Bertz CT molecular complexity index is 978. The third kappa shape index (κ3) is 4.76. The summed E-state index contributed by atoms with van der Waals surface area (Å²) in [6, 6.07) is 14.5. The predicted molar refractivity (Wildman–Crippen MR) is 123 cm³/mol. The molecule has 0 atom stereocenters. The van der Waals surface area contributed by atoms with Crippen molar-refractivity contribution in [2.45, 2.75) is 19.9 Å². The molecule has 1 N–H and O–H groups in total. The normalized spacial score (nSPS) is 14.8. The first kappa shape index (κ1) is 20.3. The van der Waals surface area contributed by atoms with Crippen molar-refractivity contribution in [3.63, 3.8) is 0 Å². The molecule has 0 unspecified atom stereocenters. The van der Waals surface area contributed by atoms with Crippen LogP contribution in [0.2, 0.25) is 0 Å². The molecular weight excluding hydrogens is 394 g/mol. The number of piperazine rings is 1. The van der Waals surface area contributed by atoms with Crippen LogP contribution in [0.25, 0.3) is 11.3 Å². The van der Waals surface area contributed by atoms with Gasteiger partial charge in [-0.05, 0) is 23.8 Å². The number of nitrogens with one attached hydrogen (secondary N) is 1. The fourth-order valence-corrected chi connectivity index (χ4v) is 4.32. The number of nitrogens with zero attached hydrogens (tertiary/aromatic N) is 6. The van der Waals surface area contributed by atoms with Gasteiger partial charge in [0.15, 0.2) is 5.96 Å². The van der Waals surface area contributed by atoms with Gasteiger partial charge in [0.05, 0.1) is 5.69 Å². The summed E-state index contributed by atoms with van der Waals surface area (Å²) in [5, 5.41) is 4.54. The second-order valence-corrected chi connectivity index (χ2v) is 7.87. The van der Waals surface area contributed by atoms with Gasteiger partial charge in [0.2, 0.25) is 5.13 Å². The van der Waals surface area contributed by atoms with Crippen LogP contribution in [-0.2, 0) is 13.0 Å². The molecule has 0 aliphatic carbocycles. The summed E-state index contributed by atoms with van der Waals surface area (Å²) in [6.45, 7) is 6.49. The first-order chi connectivity index (χ1) is 14.8. The minimum Gasteiger partial charge on any atom is -0.352 e. The first-order valence-corrected chi connectivity index (χ1v) is 11.1. The molecular formula is C22H27N7S. The Morgan fingerprint density at radius 2 is 2.00 bits per heavy atom. The molecule has 8 heteroatoms. The molecule has 1 saturated heterocycles. The minimum atomic E-state index is 0.726. The molecule has 0 amide bonds. The number of anilines is 1. The molecule has 3 heterocycles. The molecule has 4 rings (SSSR count). The molecule has 1 aliphatic heterocycles. The van der Waals surface area contributed by atoms with Crippen molar-refractivity contribution >= 4 is 22.6 Å². The van der Waals surface area contributed by atoms with Gasteiger partial charge in [-0.3, -0.25) is 9.98 Å². The monoisotopic (exact) mass is 421 g/mol. The molecule has 0 bridgehead atoms. The molecule has 3 aromatic rings. The van der Waals surface area contributed by atoms with Crippen molar-refractivity contribution in [1.29, 1.82) is 0 Å². The second kappa shape index (κ2) is 9.67. The van der Waals surface area contributed by atoms with Crippen LogP contribution in [0.5, 0.6) is 0 Å². The summed E-state index contributed by atoms with van der Waals surface area (Å²) in [6.07, 6.45) is 2.71. The average Bonchev–Trinajstić information content (AvgIpc) is 3.30. The van der Waals surface area contributed by atoms with Crippen LogP contribution in [0.4, 0.5) is 5.13 Å². The van der Waals surface area contributed by atoms with Crippen molar-refractivity contribution in [3.8, 4) is 11.3 Å². The fraction of sp³-hybridized carbons (Fsp3) is 0.364. The Labute approximate surface area is 181 Å². The Balaban J connectivity index is 1.33. The van der Waals surface area contributed by atoms with E-state index in [0.717, 1.165) is 67.3 Å². The Hall–Kier alpha value is -3.00. The number of aryl methyl sites for hydroxylation is 1. The van der Waals surface area contributed by atoms with Crippen molar-refractivity contribution in [2.75, 3.05) is 38.1 Å². The van der Waals surface area contributed by atoms with Gasteiger partial charge in [0.25, 0.3) is 0 Å². The van der Waals surface area contributed by atoms with E-state index in [1.807, 2.05) is 31.4 Å². The van der Waals surface area contributed by atoms with E-state index in [1.165, 1.54) is 17.1 Å². The van der Waals surface area contributed by atoms with Crippen LogP contribution in [0.15, 0.2) is 53.7 Å². The van der Waals surface area contributed by atoms with Gasteiger partial charge in [-0.15, -0.1) is 0 Å². The Morgan fingerprint density at radius 1 is 1.13 bits per heavy atom. The molecule has 156 valence electrons. The molecule has 0 radical (unpaired) electrons. The van der Waals surface area contributed by atoms with Crippen molar-refractivity contribution in [2.24, 2.45) is 4.99 Å². The van der Waals surface area contributed by atoms with Crippen molar-refractivity contribution < 1.29 is 0 Å². The lowest BCUT2D eigenvalue weighted by atomic mass is 10.1. The third-order valence-corrected chi connectivity index (χ3v) is 5.99. The van der Waals surface area contributed by atoms with Gasteiger partial charge in [-0.1, -0.05) is 31.2 Å². The van der Waals surface area contributed by atoms with Gasteiger partial charge < -0.3 is 15.1 Å². The molecule has 1 fully saturated rings. The third-order valence-electron chi connectivity index (χ3n) is 5.17. The van der Waals surface area contributed by atoms with Crippen LogP contribution in [0.1, 0.15) is 18.3 Å². The number of aliphatic imine (C=N–C) groups is 1. The van der Waals surface area contributed by atoms with E-state index in [2.05, 4.69) is 65.6 Å². The van der Waals surface area contributed by atoms with Crippen LogP contribution in [-0.4, -0.2) is 58.4 Å². The van der Waals surface area contributed by atoms with Crippen molar-refractivity contribution in [1.82, 2.24) is 24.6 Å². The topological polar surface area (TPSA) is 69.5 Å². The standard InChI is InChI=1S/C22H27N7S/c1-3-20-26-22(30-27-20)29-13-11-28(12-14-29)21(23-2)25-16-17-7-6-8-18(15-17)19-9-4-5-10-24-19/h4-10,15H,3,11-14,16H2,1-2H3,(H,23,25). The zero-order valence-corrected chi connectivity index (χ0v) is 18.3. The number of pyridine rings is 1. The number of benzene rings is 1. The summed E-state index contributed by atoms with van der Waals surface area (Å²) in [5.41, 5.74) is 3.32. The summed E-state index contributed by atoms with van der Waals surface area (Å²) in [7, 11) is 1.84. The Kier molecular flexibility index (Phi) is 6.53. The van der Waals surface area contributed by atoms with Gasteiger partial charge >= 0.3 is 0 Å². The van der Waals surface area contributed by atoms with E-state index in [-0.39, 0.29) is 0 Å². The SMILES string of the molecule is CCc1nsc(N2CCN(C(=NC)NCc3cccc(-c4ccccn4)c3)CC2)n1. The summed E-state index contributed by atoms with van der Waals surface area (Å²) >= 11 is 1.50. The molecule has 7 nitrogen and oxygen atoms in total. The number of aromatic nitrogens is 3. The quantitative estimate of drug-likeness (QED) is 0.504. The predicted octanol–water partition coefficient (Wildman–Crippen LogP) is 3.06. The van der Waals surface area contributed by atoms with Crippen LogP contribution in [0.3, 0.4) is 0 Å². The lowest BCUT2D eigenvalue weighted by Gasteiger charge is -2.36. The van der Waals surface area contributed by atoms with E-state index < -0.39 is 0 Å². The van der Waals surface area contributed by atoms with Crippen LogP contribution in [0, 0.1) is 0 Å². The summed E-state index contributed by atoms with van der Waals surface area (Å²) in [4.78, 5) is 18.2. The smallest absolute Gasteiger partial charge is 0.205 e. The molecule has 2 aromatic heterocycles. The molecule has 1 aromatic carbocycles. The lowest BCUT2D eigenvalue weighted by Crippen LogP contribution is -2.52.